The highest BCUT2D eigenvalue weighted by Gasteiger charge is 2.09. The number of hydrogen-bond acceptors (Lipinski definition) is 4. The normalized spacial score (nSPS) is 12.4. The van der Waals surface area contributed by atoms with Crippen molar-refractivity contribution in [3.63, 3.8) is 0 Å². The maximum absolute atomic E-state index is 10.8. The smallest absolute Gasteiger partial charge is 0.303 e. The molecule has 16 heavy (non-hydrogen) atoms. The second kappa shape index (κ2) is 8.95. The lowest BCUT2D eigenvalue weighted by atomic mass is 10.2. The first kappa shape index (κ1) is 14.7. The lowest BCUT2D eigenvalue weighted by Crippen LogP contribution is -2.21. The Hall–Kier alpha value is -1.32. The van der Waals surface area contributed by atoms with Gasteiger partial charge in [0, 0.05) is 13.8 Å². The molecule has 1 unspecified atom stereocenters. The number of unbranched alkanes of at least 4 members (excludes halogenated alkanes) is 2. The van der Waals surface area contributed by atoms with Crippen LogP contribution in [0.25, 0.3) is 0 Å². The number of allylic oxidation sites excluding steroid dienone is 1. The Morgan fingerprint density at radius 1 is 1.25 bits per heavy atom. The third-order valence-corrected chi connectivity index (χ3v) is 1.84. The average molecular weight is 228 g/mol. The van der Waals surface area contributed by atoms with Crippen LogP contribution in [0.5, 0.6) is 0 Å². The topological polar surface area (TPSA) is 52.6 Å². The van der Waals surface area contributed by atoms with Crippen LogP contribution in [0.1, 0.15) is 40.0 Å². The zero-order chi connectivity index (χ0) is 12.4. The van der Waals surface area contributed by atoms with Gasteiger partial charge in [0.05, 0.1) is 0 Å². The Bertz CT molecular complexity index is 245. The quantitative estimate of drug-likeness (QED) is 0.381. The average Bonchev–Trinajstić information content (AvgIpc) is 2.19. The molecule has 0 rings (SSSR count). The van der Waals surface area contributed by atoms with E-state index in [4.69, 9.17) is 9.47 Å². The van der Waals surface area contributed by atoms with Crippen molar-refractivity contribution >= 4 is 11.9 Å². The molecule has 0 heterocycles. The summed E-state index contributed by atoms with van der Waals surface area (Å²) in [5, 5.41) is 0. The molecule has 0 saturated carbocycles. The van der Waals surface area contributed by atoms with E-state index in [0.29, 0.717) is 0 Å². The van der Waals surface area contributed by atoms with E-state index < -0.39 is 6.10 Å². The molecule has 0 aliphatic carbocycles. The van der Waals surface area contributed by atoms with Crippen LogP contribution in [0.15, 0.2) is 12.2 Å². The van der Waals surface area contributed by atoms with Crippen LogP contribution in [0.2, 0.25) is 0 Å². The molecule has 92 valence electrons. The van der Waals surface area contributed by atoms with Gasteiger partial charge in [-0.05, 0) is 12.5 Å². The molecule has 4 heteroatoms. The van der Waals surface area contributed by atoms with Crippen LogP contribution < -0.4 is 0 Å². The summed E-state index contributed by atoms with van der Waals surface area (Å²) in [6, 6.07) is 0. The van der Waals surface area contributed by atoms with Gasteiger partial charge < -0.3 is 9.47 Å². The molecule has 0 aromatic rings. The first-order chi connectivity index (χ1) is 7.56. The number of hydrogen-bond donors (Lipinski definition) is 0. The first-order valence-corrected chi connectivity index (χ1v) is 5.53. The van der Waals surface area contributed by atoms with Crippen LogP contribution in [-0.2, 0) is 19.1 Å². The van der Waals surface area contributed by atoms with Crippen molar-refractivity contribution in [2.24, 2.45) is 0 Å². The molecule has 0 aromatic heterocycles. The van der Waals surface area contributed by atoms with E-state index in [2.05, 4.69) is 6.92 Å². The number of esters is 2. The minimum Gasteiger partial charge on any atom is -0.462 e. The summed E-state index contributed by atoms with van der Waals surface area (Å²) in [5.74, 6) is -0.753. The Labute approximate surface area is 96.6 Å². The predicted octanol–water partition coefficient (Wildman–Crippen LogP) is 2.23. The second-order valence-electron chi connectivity index (χ2n) is 3.52. The number of ether oxygens (including phenoxy) is 2. The van der Waals surface area contributed by atoms with Gasteiger partial charge in [-0.15, -0.1) is 0 Å². The van der Waals surface area contributed by atoms with E-state index >= 15 is 0 Å². The maximum atomic E-state index is 10.8. The fourth-order valence-corrected chi connectivity index (χ4v) is 1.11. The fourth-order valence-electron chi connectivity index (χ4n) is 1.11. The van der Waals surface area contributed by atoms with Crippen molar-refractivity contribution in [1.82, 2.24) is 0 Å². The van der Waals surface area contributed by atoms with Crippen molar-refractivity contribution in [2.75, 3.05) is 6.61 Å². The zero-order valence-corrected chi connectivity index (χ0v) is 10.2. The molecule has 0 aliphatic rings. The number of carbonyl (C=O) groups excluding carboxylic acids is 2. The molecule has 4 nitrogen and oxygen atoms in total. The lowest BCUT2D eigenvalue weighted by Gasteiger charge is -2.12. The predicted molar refractivity (Wildman–Crippen MR) is 60.9 cm³/mol. The maximum Gasteiger partial charge on any atom is 0.303 e. The molecular weight excluding hydrogens is 208 g/mol. The summed E-state index contributed by atoms with van der Waals surface area (Å²) in [4.78, 5) is 21.4. The number of carbonyl (C=O) groups is 2. The van der Waals surface area contributed by atoms with Gasteiger partial charge >= 0.3 is 11.9 Å². The molecule has 0 saturated heterocycles. The summed E-state index contributed by atoms with van der Waals surface area (Å²) in [6.45, 7) is 4.85. The molecule has 0 aliphatic heterocycles. The van der Waals surface area contributed by atoms with Crippen molar-refractivity contribution in [1.29, 1.82) is 0 Å². The molecule has 0 bridgehead atoms. The molecule has 0 aromatic carbocycles. The molecule has 0 spiro atoms. The van der Waals surface area contributed by atoms with E-state index in [9.17, 15) is 9.59 Å². The minimum atomic E-state index is -0.474. The SMILES string of the molecule is CCCC/C=C/C(COC(C)=O)OC(C)=O. The van der Waals surface area contributed by atoms with E-state index in [0.717, 1.165) is 19.3 Å². The monoisotopic (exact) mass is 228 g/mol. The van der Waals surface area contributed by atoms with Gasteiger partial charge in [-0.2, -0.15) is 0 Å². The third kappa shape index (κ3) is 9.24. The van der Waals surface area contributed by atoms with Gasteiger partial charge in [0.1, 0.15) is 6.61 Å². The van der Waals surface area contributed by atoms with Gasteiger partial charge in [-0.25, -0.2) is 0 Å². The minimum absolute atomic E-state index is 0.0809. The zero-order valence-electron chi connectivity index (χ0n) is 10.2. The van der Waals surface area contributed by atoms with E-state index in [1.54, 1.807) is 6.08 Å². The summed E-state index contributed by atoms with van der Waals surface area (Å²) in [5.41, 5.74) is 0. The van der Waals surface area contributed by atoms with Crippen molar-refractivity contribution in [3.05, 3.63) is 12.2 Å². The van der Waals surface area contributed by atoms with Gasteiger partial charge in [0.15, 0.2) is 6.10 Å². The van der Waals surface area contributed by atoms with Gasteiger partial charge in [0.25, 0.3) is 0 Å². The number of rotatable bonds is 7. The first-order valence-electron chi connectivity index (χ1n) is 5.53. The van der Waals surface area contributed by atoms with Crippen molar-refractivity contribution in [3.8, 4) is 0 Å². The Morgan fingerprint density at radius 2 is 1.94 bits per heavy atom. The van der Waals surface area contributed by atoms with Crippen LogP contribution in [0.3, 0.4) is 0 Å². The summed E-state index contributed by atoms with van der Waals surface area (Å²) >= 11 is 0. The molecule has 0 N–H and O–H groups in total. The molecule has 0 fully saturated rings. The van der Waals surface area contributed by atoms with Crippen molar-refractivity contribution in [2.45, 2.75) is 46.1 Å². The summed E-state index contributed by atoms with van der Waals surface area (Å²) < 4.78 is 9.77. The fraction of sp³-hybridized carbons (Fsp3) is 0.667. The van der Waals surface area contributed by atoms with Gasteiger partial charge in [-0.3, -0.25) is 9.59 Å². The van der Waals surface area contributed by atoms with Gasteiger partial charge in [-0.1, -0.05) is 25.8 Å². The summed E-state index contributed by atoms with van der Waals surface area (Å²) in [6.07, 6.45) is 6.39. The highest BCUT2D eigenvalue weighted by atomic mass is 16.6. The Morgan fingerprint density at radius 3 is 2.44 bits per heavy atom. The Kier molecular flexibility index (Phi) is 8.21. The van der Waals surface area contributed by atoms with Crippen LogP contribution >= 0.6 is 0 Å². The molecule has 0 amide bonds. The summed E-state index contributed by atoms with van der Waals surface area (Å²) in [7, 11) is 0. The lowest BCUT2D eigenvalue weighted by molar-refractivity contribution is -0.153. The highest BCUT2D eigenvalue weighted by molar-refractivity contribution is 5.67. The highest BCUT2D eigenvalue weighted by Crippen LogP contribution is 2.01. The Balaban J connectivity index is 4.03. The largest absolute Gasteiger partial charge is 0.462 e. The molecule has 1 atom stereocenters. The molecule has 0 radical (unpaired) electrons. The standard InChI is InChI=1S/C12H20O4/c1-4-5-6-7-8-12(16-11(3)14)9-15-10(2)13/h7-8,12H,4-6,9H2,1-3H3/b8-7+. The van der Waals surface area contributed by atoms with E-state index in [1.165, 1.54) is 13.8 Å². The van der Waals surface area contributed by atoms with Gasteiger partial charge in [0.2, 0.25) is 0 Å². The van der Waals surface area contributed by atoms with Crippen LogP contribution in [0, 0.1) is 0 Å². The molecular formula is C12H20O4. The van der Waals surface area contributed by atoms with Crippen LogP contribution in [-0.4, -0.2) is 24.6 Å². The van der Waals surface area contributed by atoms with E-state index in [1.807, 2.05) is 6.08 Å². The van der Waals surface area contributed by atoms with Crippen molar-refractivity contribution < 1.29 is 19.1 Å². The van der Waals surface area contributed by atoms with E-state index in [-0.39, 0.29) is 18.5 Å². The van der Waals surface area contributed by atoms with Crippen LogP contribution in [0.4, 0.5) is 0 Å². The third-order valence-electron chi connectivity index (χ3n) is 1.84. The second-order valence-corrected chi connectivity index (χ2v) is 3.52.